The van der Waals surface area contributed by atoms with Crippen molar-refractivity contribution >= 4 is 50.1 Å². The van der Waals surface area contributed by atoms with Crippen molar-refractivity contribution in [2.45, 2.75) is 33.4 Å². The largest absolute Gasteiger partial charge is 0.292 e. The molecule has 0 saturated carbocycles. The van der Waals surface area contributed by atoms with Crippen molar-refractivity contribution in [1.82, 2.24) is 19.3 Å². The molecule has 0 aliphatic rings. The summed E-state index contributed by atoms with van der Waals surface area (Å²) < 4.78 is 4.83. The number of rotatable bonds is 4. The van der Waals surface area contributed by atoms with Gasteiger partial charge in [-0.25, -0.2) is 4.98 Å². The van der Waals surface area contributed by atoms with Gasteiger partial charge in [-0.1, -0.05) is 18.5 Å². The van der Waals surface area contributed by atoms with Gasteiger partial charge in [0.2, 0.25) is 0 Å². The summed E-state index contributed by atoms with van der Waals surface area (Å²) >= 11 is 11.3. The molecule has 2 aromatic heterocycles. The Balaban J connectivity index is 2.47. The van der Waals surface area contributed by atoms with Gasteiger partial charge in [-0.3, -0.25) is 14.0 Å². The Labute approximate surface area is 143 Å². The van der Waals surface area contributed by atoms with Crippen LogP contribution in [0.5, 0.6) is 0 Å². The summed E-state index contributed by atoms with van der Waals surface area (Å²) in [5.41, 5.74) is 1.82. The van der Waals surface area contributed by atoms with Crippen LogP contribution in [0.4, 0.5) is 0 Å². The van der Waals surface area contributed by atoms with Crippen LogP contribution < -0.4 is 5.56 Å². The molecule has 0 N–H and O–H groups in total. The summed E-state index contributed by atoms with van der Waals surface area (Å²) in [4.78, 5) is 16.2. The van der Waals surface area contributed by atoms with Crippen molar-refractivity contribution in [3.05, 3.63) is 41.3 Å². The van der Waals surface area contributed by atoms with Crippen LogP contribution in [-0.2, 0) is 19.5 Å². The highest BCUT2D eigenvalue weighted by Crippen LogP contribution is 2.23. The second-order valence-electron chi connectivity index (χ2n) is 4.16. The van der Waals surface area contributed by atoms with Gasteiger partial charge in [-0.15, -0.1) is 0 Å². The van der Waals surface area contributed by atoms with Crippen LogP contribution in [0.3, 0.4) is 0 Å². The van der Waals surface area contributed by atoms with Crippen LogP contribution in [0.25, 0.3) is 0 Å². The second kappa shape index (κ2) is 6.57. The Morgan fingerprint density at radius 1 is 1.45 bits per heavy atom. The molecule has 0 aromatic carbocycles. The van der Waals surface area contributed by atoms with Gasteiger partial charge in [-0.2, -0.15) is 5.10 Å². The van der Waals surface area contributed by atoms with Crippen LogP contribution >= 0.6 is 50.1 Å². The average molecular weight is 472 g/mol. The smallest absolute Gasteiger partial charge is 0.268 e. The molecule has 2 rings (SSSR count). The maximum absolute atomic E-state index is 12.2. The zero-order valence-corrected chi connectivity index (χ0v) is 15.5. The molecule has 8 heteroatoms. The zero-order valence-electron chi connectivity index (χ0n) is 11.0. The minimum absolute atomic E-state index is 0.139. The van der Waals surface area contributed by atoms with E-state index in [0.717, 1.165) is 28.8 Å². The lowest BCUT2D eigenvalue weighted by atomic mass is 10.3. The van der Waals surface area contributed by atoms with Gasteiger partial charge in [0, 0.05) is 6.54 Å². The second-order valence-corrected chi connectivity index (χ2v) is 6.39. The third-order valence-electron chi connectivity index (χ3n) is 2.95. The molecule has 0 aliphatic heterocycles. The first-order valence-electron chi connectivity index (χ1n) is 6.14. The molecule has 5 nitrogen and oxygen atoms in total. The SMILES string of the molecule is CCc1nn(CC)c(Cn2cnc(Cl)c(I)c2=O)c1Br. The Bertz CT molecular complexity index is 697. The maximum atomic E-state index is 12.2. The highest BCUT2D eigenvalue weighted by molar-refractivity contribution is 14.1. The quantitative estimate of drug-likeness (QED) is 0.509. The van der Waals surface area contributed by atoms with Crippen molar-refractivity contribution in [3.8, 4) is 0 Å². The molecular weight excluding hydrogens is 458 g/mol. The van der Waals surface area contributed by atoms with E-state index in [4.69, 9.17) is 11.6 Å². The van der Waals surface area contributed by atoms with Crippen molar-refractivity contribution in [3.63, 3.8) is 0 Å². The summed E-state index contributed by atoms with van der Waals surface area (Å²) in [7, 11) is 0. The highest BCUT2D eigenvalue weighted by atomic mass is 127. The summed E-state index contributed by atoms with van der Waals surface area (Å²) in [5.74, 6) is 0. The van der Waals surface area contributed by atoms with E-state index in [1.54, 1.807) is 4.57 Å². The lowest BCUT2D eigenvalue weighted by Gasteiger charge is -2.08. The van der Waals surface area contributed by atoms with Gasteiger partial charge in [0.25, 0.3) is 5.56 Å². The van der Waals surface area contributed by atoms with Crippen LogP contribution in [0.2, 0.25) is 5.15 Å². The number of hydrogen-bond donors (Lipinski definition) is 0. The van der Waals surface area contributed by atoms with Gasteiger partial charge < -0.3 is 0 Å². The van der Waals surface area contributed by atoms with E-state index in [1.807, 2.05) is 34.2 Å². The van der Waals surface area contributed by atoms with Crippen molar-refractivity contribution < 1.29 is 0 Å². The molecule has 0 saturated heterocycles. The van der Waals surface area contributed by atoms with Crippen molar-refractivity contribution in [2.24, 2.45) is 0 Å². The van der Waals surface area contributed by atoms with E-state index in [0.29, 0.717) is 10.1 Å². The molecule has 0 amide bonds. The standard InChI is InChI=1S/C12H13BrClIN4O/c1-3-7-9(13)8(19(4-2)17-7)5-18-6-16-11(14)10(15)12(18)20/h6H,3-5H2,1-2H3. The molecule has 20 heavy (non-hydrogen) atoms. The molecule has 0 radical (unpaired) electrons. The third-order valence-corrected chi connectivity index (χ3v) is 5.45. The lowest BCUT2D eigenvalue weighted by molar-refractivity contribution is 0.584. The van der Waals surface area contributed by atoms with Gasteiger partial charge in [0.15, 0.2) is 0 Å². The Morgan fingerprint density at radius 2 is 2.15 bits per heavy atom. The topological polar surface area (TPSA) is 52.7 Å². The summed E-state index contributed by atoms with van der Waals surface area (Å²) in [6.07, 6.45) is 2.31. The summed E-state index contributed by atoms with van der Waals surface area (Å²) in [6, 6.07) is 0. The zero-order chi connectivity index (χ0) is 14.9. The number of hydrogen-bond acceptors (Lipinski definition) is 3. The van der Waals surface area contributed by atoms with Gasteiger partial charge in [-0.05, 0) is 51.9 Å². The predicted molar refractivity (Wildman–Crippen MR) is 90.3 cm³/mol. The molecule has 0 spiro atoms. The highest BCUT2D eigenvalue weighted by Gasteiger charge is 2.16. The Hall–Kier alpha value is -0.410. The minimum Gasteiger partial charge on any atom is -0.292 e. The first-order valence-corrected chi connectivity index (χ1v) is 8.39. The minimum atomic E-state index is -0.139. The Kier molecular flexibility index (Phi) is 5.25. The lowest BCUT2D eigenvalue weighted by Crippen LogP contribution is -2.25. The monoisotopic (exact) mass is 470 g/mol. The van der Waals surface area contributed by atoms with E-state index in [-0.39, 0.29) is 10.7 Å². The molecule has 0 fully saturated rings. The normalized spacial score (nSPS) is 11.1. The molecule has 2 heterocycles. The number of aromatic nitrogens is 4. The first-order chi connectivity index (χ1) is 9.49. The Morgan fingerprint density at radius 3 is 2.75 bits per heavy atom. The molecule has 108 valence electrons. The molecule has 0 unspecified atom stereocenters. The van der Waals surface area contributed by atoms with Crippen LogP contribution in [0, 0.1) is 3.57 Å². The van der Waals surface area contributed by atoms with Crippen molar-refractivity contribution in [1.29, 1.82) is 0 Å². The van der Waals surface area contributed by atoms with E-state index in [1.165, 1.54) is 6.33 Å². The number of halogens is 3. The van der Waals surface area contributed by atoms with E-state index in [9.17, 15) is 4.79 Å². The van der Waals surface area contributed by atoms with E-state index < -0.39 is 0 Å². The fourth-order valence-corrected chi connectivity index (χ4v) is 3.15. The molecule has 0 atom stereocenters. The summed E-state index contributed by atoms with van der Waals surface area (Å²) in [5, 5.41) is 4.76. The fourth-order valence-electron chi connectivity index (χ4n) is 1.89. The fraction of sp³-hybridized carbons (Fsp3) is 0.417. The molecular formula is C12H13BrClIN4O. The van der Waals surface area contributed by atoms with Crippen molar-refractivity contribution in [2.75, 3.05) is 0 Å². The predicted octanol–water partition coefficient (Wildman–Crippen LogP) is 3.09. The van der Waals surface area contributed by atoms with Gasteiger partial charge in [0.05, 0.1) is 28.7 Å². The third kappa shape index (κ3) is 2.94. The molecule has 0 bridgehead atoms. The van der Waals surface area contributed by atoms with E-state index in [2.05, 4.69) is 32.9 Å². The van der Waals surface area contributed by atoms with E-state index >= 15 is 0 Å². The van der Waals surface area contributed by atoms with Crippen LogP contribution in [-0.4, -0.2) is 19.3 Å². The van der Waals surface area contributed by atoms with Gasteiger partial charge in [0.1, 0.15) is 8.72 Å². The summed E-state index contributed by atoms with van der Waals surface area (Å²) in [6.45, 7) is 5.24. The molecule has 0 aliphatic carbocycles. The van der Waals surface area contributed by atoms with Crippen LogP contribution in [0.15, 0.2) is 15.6 Å². The number of nitrogens with zero attached hydrogens (tertiary/aromatic N) is 4. The van der Waals surface area contributed by atoms with Crippen LogP contribution in [0.1, 0.15) is 25.2 Å². The maximum Gasteiger partial charge on any atom is 0.268 e. The van der Waals surface area contributed by atoms with Gasteiger partial charge >= 0.3 is 0 Å². The average Bonchev–Trinajstić information content (AvgIpc) is 2.75. The first kappa shape index (κ1) is 16.0. The number of aryl methyl sites for hydroxylation is 2. The molecule has 2 aromatic rings.